The van der Waals surface area contributed by atoms with E-state index >= 15 is 0 Å². The molecule has 0 spiro atoms. The van der Waals surface area contributed by atoms with Gasteiger partial charge in [0, 0.05) is 44.0 Å². The molecule has 5 heterocycles. The second kappa shape index (κ2) is 11.3. The van der Waals surface area contributed by atoms with E-state index in [9.17, 15) is 22.8 Å². The van der Waals surface area contributed by atoms with E-state index in [0.29, 0.717) is 37.6 Å². The molecule has 2 aromatic rings. The van der Waals surface area contributed by atoms with Crippen LogP contribution in [0.5, 0.6) is 5.75 Å². The lowest BCUT2D eigenvalue weighted by Gasteiger charge is -2.40. The van der Waals surface area contributed by atoms with Crippen molar-refractivity contribution in [3.8, 4) is 5.75 Å². The van der Waals surface area contributed by atoms with Crippen molar-refractivity contribution in [2.45, 2.75) is 77.9 Å². The number of rotatable bonds is 2. The third-order valence-electron chi connectivity index (χ3n) is 7.22. The van der Waals surface area contributed by atoms with E-state index in [1.54, 1.807) is 54.5 Å². The van der Waals surface area contributed by atoms with Gasteiger partial charge in [-0.3, -0.25) is 0 Å². The fourth-order valence-corrected chi connectivity index (χ4v) is 5.31. The molecule has 3 aliphatic heterocycles. The number of halogens is 3. The number of hydrogen-bond donors (Lipinski definition) is 0. The van der Waals surface area contributed by atoms with Crippen LogP contribution in [0, 0.1) is 0 Å². The predicted octanol–water partition coefficient (Wildman–Crippen LogP) is 6.19. The first kappa shape index (κ1) is 31.6. The molecule has 0 N–H and O–H groups in total. The van der Waals surface area contributed by atoms with E-state index in [4.69, 9.17) is 18.9 Å². The van der Waals surface area contributed by atoms with Gasteiger partial charge in [-0.25, -0.2) is 24.5 Å². The second-order valence-electron chi connectivity index (χ2n) is 13.1. The zero-order chi connectivity index (χ0) is 32.2. The fourth-order valence-electron chi connectivity index (χ4n) is 5.31. The quantitative estimate of drug-likeness (QED) is 0.388. The molecule has 0 radical (unpaired) electrons. The molecule has 11 nitrogen and oxygen atoms in total. The van der Waals surface area contributed by atoms with Crippen LogP contribution in [0.15, 0.2) is 18.3 Å². The summed E-state index contributed by atoms with van der Waals surface area (Å²) in [5, 5.41) is 0. The number of pyridine rings is 2. The van der Waals surface area contributed by atoms with Gasteiger partial charge >= 0.3 is 18.4 Å². The monoisotopic (exact) mass is 621 g/mol. The SMILES string of the molecule is CC1Oc2c(cc(C3CN(C(=O)OC(C)(C)C)C3)nc2C(F)(F)F)N(C(=O)OC(C)(C)C)c2nccc(N3CCOCC3)c21. The summed E-state index contributed by atoms with van der Waals surface area (Å²) in [6.07, 6.45) is -5.84. The number of morpholine rings is 1. The molecule has 0 aliphatic carbocycles. The zero-order valence-electron chi connectivity index (χ0n) is 25.9. The number of hydrogen-bond acceptors (Lipinski definition) is 9. The Morgan fingerprint density at radius 1 is 0.955 bits per heavy atom. The molecule has 2 fully saturated rings. The van der Waals surface area contributed by atoms with Crippen LogP contribution >= 0.6 is 0 Å². The van der Waals surface area contributed by atoms with E-state index in [2.05, 4.69) is 9.97 Å². The number of aromatic nitrogens is 2. The Kier molecular flexibility index (Phi) is 8.10. The zero-order valence-corrected chi connectivity index (χ0v) is 25.9. The van der Waals surface area contributed by atoms with Crippen LogP contribution in [-0.2, 0) is 20.4 Å². The van der Waals surface area contributed by atoms with E-state index < -0.39 is 53.0 Å². The third-order valence-corrected chi connectivity index (χ3v) is 7.22. The summed E-state index contributed by atoms with van der Waals surface area (Å²) in [6.45, 7) is 14.0. The van der Waals surface area contributed by atoms with Gasteiger partial charge in [0.05, 0.1) is 24.5 Å². The van der Waals surface area contributed by atoms with E-state index in [0.717, 1.165) is 4.90 Å². The Morgan fingerprint density at radius 2 is 1.57 bits per heavy atom. The van der Waals surface area contributed by atoms with Gasteiger partial charge < -0.3 is 28.7 Å². The van der Waals surface area contributed by atoms with Crippen molar-refractivity contribution in [1.29, 1.82) is 0 Å². The maximum Gasteiger partial charge on any atom is 0.437 e. The first-order valence-corrected chi connectivity index (χ1v) is 14.5. The third kappa shape index (κ3) is 6.49. The van der Waals surface area contributed by atoms with Gasteiger partial charge in [-0.1, -0.05) is 0 Å². The lowest BCUT2D eigenvalue weighted by Crippen LogP contribution is -2.50. The highest BCUT2D eigenvalue weighted by Gasteiger charge is 2.46. The average Bonchev–Trinajstić information content (AvgIpc) is 2.99. The van der Waals surface area contributed by atoms with Crippen LogP contribution in [0.2, 0.25) is 0 Å². The number of amides is 2. The van der Waals surface area contributed by atoms with Gasteiger partial charge in [0.1, 0.15) is 23.0 Å². The number of nitrogens with zero attached hydrogens (tertiary/aromatic N) is 5. The Bertz CT molecular complexity index is 1430. The molecule has 1 unspecified atom stereocenters. The second-order valence-corrected chi connectivity index (χ2v) is 13.1. The Labute approximate surface area is 254 Å². The van der Waals surface area contributed by atoms with Crippen LogP contribution in [0.1, 0.15) is 77.4 Å². The number of likely N-dealkylation sites (tertiary alicyclic amines) is 1. The fraction of sp³-hybridized carbons (Fsp3) is 0.600. The molecule has 2 amide bonds. The molecule has 0 bridgehead atoms. The maximum absolute atomic E-state index is 14.7. The lowest BCUT2D eigenvalue weighted by atomic mass is 9.95. The Morgan fingerprint density at radius 3 is 2.16 bits per heavy atom. The minimum Gasteiger partial charge on any atom is -0.481 e. The Hall–Kier alpha value is -3.81. The topological polar surface area (TPSA) is 107 Å². The van der Waals surface area contributed by atoms with Crippen LogP contribution in [0.4, 0.5) is 40.0 Å². The number of fused-ring (bicyclic) bond motifs is 2. The molecule has 14 heteroatoms. The molecule has 1 atom stereocenters. The molecule has 2 saturated heterocycles. The number of ether oxygens (including phenoxy) is 4. The van der Waals surface area contributed by atoms with Crippen molar-refractivity contribution in [2.75, 3.05) is 49.2 Å². The largest absolute Gasteiger partial charge is 0.481 e. The van der Waals surface area contributed by atoms with Gasteiger partial charge in [-0.15, -0.1) is 0 Å². The summed E-state index contributed by atoms with van der Waals surface area (Å²) >= 11 is 0. The smallest absolute Gasteiger partial charge is 0.437 e. The van der Waals surface area contributed by atoms with Crippen molar-refractivity contribution in [2.24, 2.45) is 0 Å². The first-order valence-electron chi connectivity index (χ1n) is 14.5. The van der Waals surface area contributed by atoms with E-state index in [1.807, 2.05) is 4.90 Å². The summed E-state index contributed by atoms with van der Waals surface area (Å²) < 4.78 is 66.7. The minimum absolute atomic E-state index is 0.0495. The van der Waals surface area contributed by atoms with Crippen LogP contribution < -0.4 is 14.5 Å². The molecule has 240 valence electrons. The molecule has 0 saturated carbocycles. The number of carbonyl (C=O) groups excluding carboxylic acids is 2. The summed E-state index contributed by atoms with van der Waals surface area (Å²) in [5.74, 6) is -1.04. The van der Waals surface area contributed by atoms with Gasteiger partial charge in [0.2, 0.25) is 0 Å². The summed E-state index contributed by atoms with van der Waals surface area (Å²) in [7, 11) is 0. The van der Waals surface area contributed by atoms with Crippen LogP contribution in [0.25, 0.3) is 0 Å². The minimum atomic E-state index is -4.93. The first-order chi connectivity index (χ1) is 20.4. The van der Waals surface area contributed by atoms with Crippen LogP contribution in [0.3, 0.4) is 0 Å². The summed E-state index contributed by atoms with van der Waals surface area (Å²) in [5.41, 5.74) is -2.01. The molecule has 2 aromatic heterocycles. The molecular formula is C30H38F3N5O6. The summed E-state index contributed by atoms with van der Waals surface area (Å²) in [6, 6.07) is 3.15. The van der Waals surface area contributed by atoms with Gasteiger partial charge in [-0.2, -0.15) is 13.2 Å². The standard InChI is InChI=1S/C30H38F3N5O6/c1-17-22-20(36-10-12-41-13-11-36)8-9-34-25(22)38(27(40)44-29(5,6)7)21-14-19(35-24(23(21)42-17)30(31,32)33)18-15-37(16-18)26(39)43-28(2,3)4/h8-9,14,17-18H,10-13,15-16H2,1-7H3. The van der Waals surface area contributed by atoms with Gasteiger partial charge in [0.25, 0.3) is 0 Å². The summed E-state index contributed by atoms with van der Waals surface area (Å²) in [4.78, 5) is 39.4. The van der Waals surface area contributed by atoms with Crippen LogP contribution in [-0.4, -0.2) is 77.6 Å². The Balaban J connectivity index is 1.64. The molecule has 44 heavy (non-hydrogen) atoms. The maximum atomic E-state index is 14.7. The highest BCUT2D eigenvalue weighted by Crippen LogP contribution is 2.51. The van der Waals surface area contributed by atoms with Crippen molar-refractivity contribution in [3.63, 3.8) is 0 Å². The van der Waals surface area contributed by atoms with Crippen molar-refractivity contribution in [3.05, 3.63) is 35.3 Å². The van der Waals surface area contributed by atoms with Gasteiger partial charge in [-0.05, 0) is 60.6 Å². The molecular weight excluding hydrogens is 583 g/mol. The van der Waals surface area contributed by atoms with Crippen molar-refractivity contribution in [1.82, 2.24) is 14.9 Å². The number of alkyl halides is 3. The predicted molar refractivity (Wildman–Crippen MR) is 154 cm³/mol. The van der Waals surface area contributed by atoms with Gasteiger partial charge in [0.15, 0.2) is 17.3 Å². The number of carbonyl (C=O) groups is 2. The highest BCUT2D eigenvalue weighted by atomic mass is 19.4. The van der Waals surface area contributed by atoms with Crippen molar-refractivity contribution < 1.29 is 41.7 Å². The van der Waals surface area contributed by atoms with E-state index in [-0.39, 0.29) is 30.3 Å². The molecule has 3 aliphatic rings. The molecule has 0 aromatic carbocycles. The lowest BCUT2D eigenvalue weighted by molar-refractivity contribution is -0.143. The van der Waals surface area contributed by atoms with Crippen molar-refractivity contribution >= 4 is 29.4 Å². The normalized spacial score (nSPS) is 19.3. The number of anilines is 3. The van der Waals surface area contributed by atoms with E-state index in [1.165, 1.54) is 17.2 Å². The average molecular weight is 622 g/mol. The highest BCUT2D eigenvalue weighted by molar-refractivity contribution is 5.99. The molecule has 5 rings (SSSR count).